The van der Waals surface area contributed by atoms with Crippen LogP contribution < -0.4 is 5.32 Å². The van der Waals surface area contributed by atoms with E-state index in [0.717, 1.165) is 6.42 Å². The first-order chi connectivity index (χ1) is 6.83. The van der Waals surface area contributed by atoms with Gasteiger partial charge in [0.05, 0.1) is 32.3 Å². The molecule has 0 aromatic heterocycles. The van der Waals surface area contributed by atoms with Crippen LogP contribution in [-0.2, 0) is 14.4 Å². The summed E-state index contributed by atoms with van der Waals surface area (Å²) in [5, 5.41) is 4.57. The first kappa shape index (κ1) is 9.89. The summed E-state index contributed by atoms with van der Waals surface area (Å²) in [5.41, 5.74) is 0. The van der Waals surface area contributed by atoms with E-state index >= 15 is 0 Å². The van der Waals surface area contributed by atoms with E-state index in [1.165, 1.54) is 5.06 Å². The lowest BCUT2D eigenvalue weighted by atomic mass is 10.0. The number of rotatable bonds is 2. The topological polar surface area (TPSA) is 50.8 Å². The predicted molar refractivity (Wildman–Crippen MR) is 49.4 cm³/mol. The van der Waals surface area contributed by atoms with Crippen LogP contribution in [0.3, 0.4) is 0 Å². The van der Waals surface area contributed by atoms with Crippen molar-refractivity contribution in [3.05, 3.63) is 0 Å². The van der Waals surface area contributed by atoms with E-state index in [1.54, 1.807) is 0 Å². The van der Waals surface area contributed by atoms with Gasteiger partial charge in [0.2, 0.25) is 0 Å². The van der Waals surface area contributed by atoms with E-state index in [4.69, 9.17) is 9.57 Å². The maximum atomic E-state index is 11.9. The lowest BCUT2D eigenvalue weighted by Crippen LogP contribution is -2.43. The molecule has 0 spiro atoms. The molecule has 2 atom stereocenters. The Kier molecular flexibility index (Phi) is 3.00. The molecule has 5 heteroatoms. The Labute approximate surface area is 83.3 Å². The van der Waals surface area contributed by atoms with Crippen LogP contribution in [0, 0.1) is 5.92 Å². The number of hydroxylamine groups is 2. The van der Waals surface area contributed by atoms with E-state index in [-0.39, 0.29) is 17.9 Å². The molecule has 0 bridgehead atoms. The Balaban J connectivity index is 1.95. The molecule has 14 heavy (non-hydrogen) atoms. The third kappa shape index (κ3) is 1.75. The molecule has 1 amide bonds. The summed E-state index contributed by atoms with van der Waals surface area (Å²) in [6.45, 7) is 2.49. The number of nitrogens with one attached hydrogen (secondary N) is 1. The maximum Gasteiger partial charge on any atom is 0.253 e. The average Bonchev–Trinajstić information content (AvgIpc) is 2.87. The average molecular weight is 200 g/mol. The molecule has 0 aliphatic carbocycles. The molecule has 80 valence electrons. The molecule has 2 fully saturated rings. The second-order valence-corrected chi connectivity index (χ2v) is 3.67. The molecule has 1 N–H and O–H groups in total. The van der Waals surface area contributed by atoms with E-state index in [1.807, 2.05) is 7.05 Å². The van der Waals surface area contributed by atoms with Gasteiger partial charge in [-0.25, -0.2) is 5.06 Å². The summed E-state index contributed by atoms with van der Waals surface area (Å²) < 4.78 is 5.28. The number of carbonyl (C=O) groups excluding carboxylic acids is 1. The highest BCUT2D eigenvalue weighted by atomic mass is 16.7. The molecule has 0 aromatic rings. The van der Waals surface area contributed by atoms with Crippen molar-refractivity contribution in [3.8, 4) is 0 Å². The molecule has 5 nitrogen and oxygen atoms in total. The fourth-order valence-corrected chi connectivity index (χ4v) is 1.89. The molecule has 2 aliphatic heterocycles. The first-order valence-corrected chi connectivity index (χ1v) is 5.02. The first-order valence-electron chi connectivity index (χ1n) is 5.02. The van der Waals surface area contributed by atoms with Gasteiger partial charge in [0.1, 0.15) is 0 Å². The number of nitrogens with zero attached hydrogens (tertiary/aromatic N) is 1. The summed E-state index contributed by atoms with van der Waals surface area (Å²) in [5.74, 6) is -0.0301. The number of amides is 1. The quantitative estimate of drug-likeness (QED) is 0.645. The van der Waals surface area contributed by atoms with Crippen LogP contribution in [0.2, 0.25) is 0 Å². The number of hydrogen-bond donors (Lipinski definition) is 1. The molecular formula is C9H16N2O3. The minimum absolute atomic E-state index is 0.0550. The molecule has 2 heterocycles. The minimum atomic E-state index is -0.0851. The van der Waals surface area contributed by atoms with Crippen molar-refractivity contribution in [2.24, 2.45) is 5.92 Å². The van der Waals surface area contributed by atoms with E-state index in [9.17, 15) is 4.79 Å². The summed E-state index contributed by atoms with van der Waals surface area (Å²) in [4.78, 5) is 17.1. The van der Waals surface area contributed by atoms with Crippen molar-refractivity contribution in [2.45, 2.75) is 12.5 Å². The lowest BCUT2D eigenvalue weighted by molar-refractivity contribution is -0.173. The fraction of sp³-hybridized carbons (Fsp3) is 0.889. The van der Waals surface area contributed by atoms with Crippen LogP contribution in [0.4, 0.5) is 0 Å². The molecule has 2 unspecified atom stereocenters. The molecular weight excluding hydrogens is 184 g/mol. The van der Waals surface area contributed by atoms with Gasteiger partial charge in [0.15, 0.2) is 0 Å². The highest BCUT2D eigenvalue weighted by molar-refractivity contribution is 5.79. The fourth-order valence-electron chi connectivity index (χ4n) is 1.89. The van der Waals surface area contributed by atoms with Crippen LogP contribution in [-0.4, -0.2) is 50.4 Å². The minimum Gasteiger partial charge on any atom is -0.379 e. The Bertz CT molecular complexity index is 216. The second kappa shape index (κ2) is 4.25. The van der Waals surface area contributed by atoms with Crippen molar-refractivity contribution in [2.75, 3.05) is 33.4 Å². The van der Waals surface area contributed by atoms with Gasteiger partial charge in [-0.3, -0.25) is 9.63 Å². The summed E-state index contributed by atoms with van der Waals surface area (Å²) in [6, 6.07) is 0.131. The highest BCUT2D eigenvalue weighted by Crippen LogP contribution is 2.18. The van der Waals surface area contributed by atoms with E-state index < -0.39 is 0 Å². The SMILES string of the molecule is CNC1COCC1C(=O)N1CCCO1. The van der Waals surface area contributed by atoms with Crippen molar-refractivity contribution in [1.29, 1.82) is 0 Å². The molecule has 2 rings (SSSR count). The van der Waals surface area contributed by atoms with Crippen LogP contribution in [0.25, 0.3) is 0 Å². The number of hydrogen-bond acceptors (Lipinski definition) is 4. The molecule has 2 saturated heterocycles. The normalized spacial score (nSPS) is 32.5. The number of ether oxygens (including phenoxy) is 1. The van der Waals surface area contributed by atoms with Crippen LogP contribution >= 0.6 is 0 Å². The van der Waals surface area contributed by atoms with Gasteiger partial charge in [0.25, 0.3) is 5.91 Å². The molecule has 0 saturated carbocycles. The zero-order valence-electron chi connectivity index (χ0n) is 8.36. The molecule has 0 aromatic carbocycles. The molecule has 0 radical (unpaired) electrons. The monoisotopic (exact) mass is 200 g/mol. The third-order valence-corrected chi connectivity index (χ3v) is 2.77. The Morgan fingerprint density at radius 2 is 2.36 bits per heavy atom. The van der Waals surface area contributed by atoms with E-state index in [0.29, 0.717) is 26.4 Å². The largest absolute Gasteiger partial charge is 0.379 e. The summed E-state index contributed by atoms with van der Waals surface area (Å²) >= 11 is 0. The smallest absolute Gasteiger partial charge is 0.253 e. The van der Waals surface area contributed by atoms with Gasteiger partial charge in [0, 0.05) is 6.04 Å². The standard InChI is InChI=1S/C9H16N2O3/c1-10-8-6-13-5-7(8)9(12)11-3-2-4-14-11/h7-8,10H,2-6H2,1H3. The zero-order valence-corrected chi connectivity index (χ0v) is 8.36. The van der Waals surface area contributed by atoms with Crippen molar-refractivity contribution in [3.63, 3.8) is 0 Å². The highest BCUT2D eigenvalue weighted by Gasteiger charge is 2.37. The Morgan fingerprint density at radius 3 is 3.00 bits per heavy atom. The maximum absolute atomic E-state index is 11.9. The van der Waals surface area contributed by atoms with Gasteiger partial charge in [-0.05, 0) is 13.5 Å². The second-order valence-electron chi connectivity index (χ2n) is 3.67. The van der Waals surface area contributed by atoms with Crippen molar-refractivity contribution < 1.29 is 14.4 Å². The predicted octanol–water partition coefficient (Wildman–Crippen LogP) is -0.615. The Morgan fingerprint density at radius 1 is 1.50 bits per heavy atom. The molecule has 2 aliphatic rings. The lowest BCUT2D eigenvalue weighted by Gasteiger charge is -2.21. The van der Waals surface area contributed by atoms with Gasteiger partial charge in [-0.15, -0.1) is 0 Å². The van der Waals surface area contributed by atoms with Gasteiger partial charge in [-0.1, -0.05) is 0 Å². The third-order valence-electron chi connectivity index (χ3n) is 2.77. The van der Waals surface area contributed by atoms with Crippen LogP contribution in [0.5, 0.6) is 0 Å². The number of likely N-dealkylation sites (N-methyl/N-ethyl adjacent to an activating group) is 1. The summed E-state index contributed by atoms with van der Waals surface area (Å²) in [6.07, 6.45) is 0.934. The number of carbonyl (C=O) groups is 1. The Hall–Kier alpha value is -0.650. The van der Waals surface area contributed by atoms with Crippen molar-refractivity contribution in [1.82, 2.24) is 10.4 Å². The van der Waals surface area contributed by atoms with Gasteiger partial charge >= 0.3 is 0 Å². The zero-order chi connectivity index (χ0) is 9.97. The van der Waals surface area contributed by atoms with Crippen molar-refractivity contribution >= 4 is 5.91 Å². The van der Waals surface area contributed by atoms with Crippen LogP contribution in [0.1, 0.15) is 6.42 Å². The summed E-state index contributed by atoms with van der Waals surface area (Å²) in [7, 11) is 1.85. The van der Waals surface area contributed by atoms with E-state index in [2.05, 4.69) is 5.32 Å². The van der Waals surface area contributed by atoms with Gasteiger partial charge < -0.3 is 10.1 Å². The van der Waals surface area contributed by atoms with Gasteiger partial charge in [-0.2, -0.15) is 0 Å². The van der Waals surface area contributed by atoms with Crippen LogP contribution in [0.15, 0.2) is 0 Å².